The van der Waals surface area contributed by atoms with E-state index in [4.69, 9.17) is 9.15 Å². The molecule has 0 unspecified atom stereocenters. The minimum Gasteiger partial charge on any atom is -0.459 e. The van der Waals surface area contributed by atoms with Gasteiger partial charge in [-0.1, -0.05) is 0 Å². The average Bonchev–Trinajstić information content (AvgIpc) is 3.39. The second-order valence-corrected chi connectivity index (χ2v) is 7.41. The molecule has 3 rings (SSSR count). The second-order valence-electron chi connectivity index (χ2n) is 5.45. The number of carbonyl (C=O) groups is 3. The summed E-state index contributed by atoms with van der Waals surface area (Å²) in [4.78, 5) is 37.3. The van der Waals surface area contributed by atoms with Crippen molar-refractivity contribution < 1.29 is 23.5 Å². The summed E-state index contributed by atoms with van der Waals surface area (Å²) in [5.74, 6) is -1.33. The first-order valence-corrected chi connectivity index (χ1v) is 10.1. The molecular formula is C19H16N2O5S2. The van der Waals surface area contributed by atoms with Crippen molar-refractivity contribution in [1.82, 2.24) is 0 Å². The quantitative estimate of drug-likeness (QED) is 0.444. The van der Waals surface area contributed by atoms with E-state index in [1.807, 2.05) is 18.4 Å². The molecule has 0 aliphatic heterocycles. The lowest BCUT2D eigenvalue weighted by Gasteiger charge is -2.06. The Hall–Kier alpha value is -3.04. The summed E-state index contributed by atoms with van der Waals surface area (Å²) in [6, 6.07) is 13.6. The second kappa shape index (κ2) is 9.25. The molecule has 2 aromatic heterocycles. The van der Waals surface area contributed by atoms with Crippen molar-refractivity contribution in [3.05, 3.63) is 65.4 Å². The van der Waals surface area contributed by atoms with Crippen LogP contribution in [0.3, 0.4) is 0 Å². The third-order valence-corrected chi connectivity index (χ3v) is 5.22. The Balaban J connectivity index is 1.48. The van der Waals surface area contributed by atoms with Crippen molar-refractivity contribution in [3.63, 3.8) is 0 Å². The van der Waals surface area contributed by atoms with E-state index >= 15 is 0 Å². The van der Waals surface area contributed by atoms with Crippen molar-refractivity contribution in [2.24, 2.45) is 0 Å². The molecule has 0 atom stereocenters. The van der Waals surface area contributed by atoms with Crippen LogP contribution in [0.25, 0.3) is 0 Å². The Morgan fingerprint density at radius 2 is 1.86 bits per heavy atom. The summed E-state index contributed by atoms with van der Waals surface area (Å²) >= 11 is 2.64. The van der Waals surface area contributed by atoms with E-state index in [1.54, 1.807) is 36.0 Å². The highest BCUT2D eigenvalue weighted by atomic mass is 32.2. The van der Waals surface area contributed by atoms with Crippen LogP contribution >= 0.6 is 23.1 Å². The molecule has 2 amide bonds. The highest BCUT2D eigenvalue weighted by molar-refractivity contribution is 7.98. The summed E-state index contributed by atoms with van der Waals surface area (Å²) in [7, 11) is 0. The first-order chi connectivity index (χ1) is 13.5. The van der Waals surface area contributed by atoms with Gasteiger partial charge in [-0.15, -0.1) is 23.1 Å². The summed E-state index contributed by atoms with van der Waals surface area (Å²) in [5.41, 5.74) is 0.623. The molecule has 9 heteroatoms. The van der Waals surface area contributed by atoms with Crippen molar-refractivity contribution in [3.8, 4) is 0 Å². The maximum atomic E-state index is 12.1. The molecule has 3 aromatic rings. The number of thiophene rings is 1. The SMILES string of the molecule is CSc1ccc(NC(=O)COC(=O)c2ccc(NC(=O)c3ccco3)s2)cc1. The van der Waals surface area contributed by atoms with Crippen LogP contribution in [0, 0.1) is 0 Å². The lowest BCUT2D eigenvalue weighted by atomic mass is 10.3. The molecule has 28 heavy (non-hydrogen) atoms. The molecule has 1 aromatic carbocycles. The van der Waals surface area contributed by atoms with Gasteiger partial charge < -0.3 is 19.8 Å². The summed E-state index contributed by atoms with van der Waals surface area (Å²) < 4.78 is 10.0. The normalized spacial score (nSPS) is 10.3. The van der Waals surface area contributed by atoms with E-state index in [9.17, 15) is 14.4 Å². The monoisotopic (exact) mass is 416 g/mol. The van der Waals surface area contributed by atoms with E-state index in [0.717, 1.165) is 16.2 Å². The number of hydrogen-bond donors (Lipinski definition) is 2. The number of benzene rings is 1. The van der Waals surface area contributed by atoms with Crippen LogP contribution in [-0.4, -0.2) is 30.6 Å². The van der Waals surface area contributed by atoms with Gasteiger partial charge in [0.15, 0.2) is 12.4 Å². The van der Waals surface area contributed by atoms with E-state index < -0.39 is 24.4 Å². The summed E-state index contributed by atoms with van der Waals surface area (Å²) in [6.45, 7) is -0.408. The van der Waals surface area contributed by atoms with Crippen molar-refractivity contribution in [1.29, 1.82) is 0 Å². The number of anilines is 2. The van der Waals surface area contributed by atoms with Gasteiger partial charge in [0.1, 0.15) is 4.88 Å². The minimum absolute atomic E-state index is 0.166. The standard InChI is InChI=1S/C19H16N2O5S2/c1-27-13-6-4-12(5-7-13)20-16(22)11-26-19(24)15-8-9-17(28-15)21-18(23)14-3-2-10-25-14/h2-10H,11H2,1H3,(H,20,22)(H,21,23). The zero-order valence-electron chi connectivity index (χ0n) is 14.8. The van der Waals surface area contributed by atoms with Gasteiger partial charge in [0, 0.05) is 10.6 Å². The molecule has 144 valence electrons. The molecule has 0 radical (unpaired) electrons. The third kappa shape index (κ3) is 5.24. The Labute approximate surface area is 169 Å². The number of hydrogen-bond acceptors (Lipinski definition) is 7. The van der Waals surface area contributed by atoms with Gasteiger partial charge in [0.25, 0.3) is 11.8 Å². The zero-order chi connectivity index (χ0) is 19.9. The number of amides is 2. The van der Waals surface area contributed by atoms with Crippen LogP contribution in [0.1, 0.15) is 20.2 Å². The first kappa shape index (κ1) is 19.7. The molecule has 0 saturated carbocycles. The molecule has 2 heterocycles. The molecule has 7 nitrogen and oxygen atoms in total. The molecule has 0 aliphatic rings. The predicted octanol–water partition coefficient (Wildman–Crippen LogP) is 4.11. The minimum atomic E-state index is -0.642. The van der Waals surface area contributed by atoms with Gasteiger partial charge in [-0.25, -0.2) is 4.79 Å². The molecule has 0 spiro atoms. The topological polar surface area (TPSA) is 97.6 Å². The highest BCUT2D eigenvalue weighted by Gasteiger charge is 2.15. The van der Waals surface area contributed by atoms with Crippen LogP contribution in [0.2, 0.25) is 0 Å². The average molecular weight is 416 g/mol. The Morgan fingerprint density at radius 3 is 2.54 bits per heavy atom. The van der Waals surface area contributed by atoms with Crippen molar-refractivity contribution in [2.45, 2.75) is 4.90 Å². The number of rotatable bonds is 7. The molecule has 0 fully saturated rings. The molecule has 0 saturated heterocycles. The summed E-state index contributed by atoms with van der Waals surface area (Å²) in [6.07, 6.45) is 3.36. The van der Waals surface area contributed by atoms with Gasteiger partial charge in [-0.05, 0) is 54.8 Å². The van der Waals surface area contributed by atoms with Gasteiger partial charge >= 0.3 is 5.97 Å². The summed E-state index contributed by atoms with van der Waals surface area (Å²) in [5, 5.41) is 5.75. The van der Waals surface area contributed by atoms with Crippen LogP contribution in [0.5, 0.6) is 0 Å². The fourth-order valence-electron chi connectivity index (χ4n) is 2.17. The zero-order valence-corrected chi connectivity index (χ0v) is 16.4. The first-order valence-electron chi connectivity index (χ1n) is 8.11. The van der Waals surface area contributed by atoms with Gasteiger partial charge in [-0.3, -0.25) is 9.59 Å². The number of carbonyl (C=O) groups excluding carboxylic acids is 3. The van der Waals surface area contributed by atoms with Crippen LogP contribution in [0.4, 0.5) is 10.7 Å². The van der Waals surface area contributed by atoms with Crippen molar-refractivity contribution >= 4 is 51.6 Å². The Bertz CT molecular complexity index is 965. The van der Waals surface area contributed by atoms with E-state index in [2.05, 4.69) is 10.6 Å². The van der Waals surface area contributed by atoms with E-state index in [0.29, 0.717) is 10.7 Å². The maximum absolute atomic E-state index is 12.1. The molecule has 0 bridgehead atoms. The molecular weight excluding hydrogens is 400 g/mol. The number of ether oxygens (including phenoxy) is 1. The number of furan rings is 1. The predicted molar refractivity (Wildman–Crippen MR) is 108 cm³/mol. The fourth-order valence-corrected chi connectivity index (χ4v) is 3.37. The number of nitrogens with one attached hydrogen (secondary N) is 2. The number of esters is 1. The lowest BCUT2D eigenvalue weighted by Crippen LogP contribution is -2.20. The smallest absolute Gasteiger partial charge is 0.348 e. The lowest BCUT2D eigenvalue weighted by molar-refractivity contribution is -0.119. The molecule has 2 N–H and O–H groups in total. The largest absolute Gasteiger partial charge is 0.459 e. The van der Waals surface area contributed by atoms with Gasteiger partial charge in [0.05, 0.1) is 11.3 Å². The molecule has 0 aliphatic carbocycles. The number of thioether (sulfide) groups is 1. The van der Waals surface area contributed by atoms with Gasteiger partial charge in [-0.2, -0.15) is 0 Å². The van der Waals surface area contributed by atoms with Crippen LogP contribution in [0.15, 0.2) is 64.1 Å². The van der Waals surface area contributed by atoms with Crippen LogP contribution in [-0.2, 0) is 9.53 Å². The third-order valence-electron chi connectivity index (χ3n) is 3.50. The highest BCUT2D eigenvalue weighted by Crippen LogP contribution is 2.23. The van der Waals surface area contributed by atoms with Gasteiger partial charge in [0.2, 0.25) is 0 Å². The van der Waals surface area contributed by atoms with E-state index in [1.165, 1.54) is 18.4 Å². The van der Waals surface area contributed by atoms with Crippen molar-refractivity contribution in [2.75, 3.05) is 23.5 Å². The van der Waals surface area contributed by atoms with Crippen LogP contribution < -0.4 is 10.6 Å². The van der Waals surface area contributed by atoms with E-state index in [-0.39, 0.29) is 10.6 Å². The Morgan fingerprint density at radius 1 is 1.07 bits per heavy atom. The maximum Gasteiger partial charge on any atom is 0.348 e. The fraction of sp³-hybridized carbons (Fsp3) is 0.105. The Kier molecular flexibility index (Phi) is 6.51.